The molecule has 4 bridgehead atoms. The van der Waals surface area contributed by atoms with Crippen LogP contribution in [0.5, 0.6) is 0 Å². The SMILES string of the molecule is CC(C)(C)c1csc(CNC23CC4CC(CC(C4)C2)C3)n1. The number of hydrogen-bond donors (Lipinski definition) is 1. The molecule has 4 aliphatic carbocycles. The summed E-state index contributed by atoms with van der Waals surface area (Å²) in [5.41, 5.74) is 1.88. The smallest absolute Gasteiger partial charge is 0.107 e. The lowest BCUT2D eigenvalue weighted by atomic mass is 9.53. The third-order valence-electron chi connectivity index (χ3n) is 5.97. The molecule has 1 heterocycles. The summed E-state index contributed by atoms with van der Waals surface area (Å²) in [6.45, 7) is 7.72. The second-order valence-corrected chi connectivity index (χ2v) is 9.87. The molecule has 2 nitrogen and oxygen atoms in total. The predicted molar refractivity (Wildman–Crippen MR) is 88.6 cm³/mol. The first-order chi connectivity index (χ1) is 9.92. The molecule has 21 heavy (non-hydrogen) atoms. The molecule has 3 heteroatoms. The molecule has 0 radical (unpaired) electrons. The fourth-order valence-corrected chi connectivity index (χ4v) is 6.29. The number of nitrogens with zero attached hydrogens (tertiary/aromatic N) is 1. The molecular formula is C18H28N2S. The van der Waals surface area contributed by atoms with Crippen molar-refractivity contribution in [2.75, 3.05) is 0 Å². The summed E-state index contributed by atoms with van der Waals surface area (Å²) in [6.07, 6.45) is 8.84. The molecule has 4 saturated carbocycles. The molecule has 4 fully saturated rings. The topological polar surface area (TPSA) is 24.9 Å². The first kappa shape index (κ1) is 14.2. The largest absolute Gasteiger partial charge is 0.305 e. The fraction of sp³-hybridized carbons (Fsp3) is 0.833. The van der Waals surface area contributed by atoms with Crippen LogP contribution < -0.4 is 5.32 Å². The van der Waals surface area contributed by atoms with Crippen LogP contribution in [0.4, 0.5) is 0 Å². The van der Waals surface area contributed by atoms with Crippen molar-refractivity contribution in [1.82, 2.24) is 10.3 Å². The van der Waals surface area contributed by atoms with Crippen molar-refractivity contribution in [2.45, 2.75) is 76.8 Å². The maximum absolute atomic E-state index is 4.85. The van der Waals surface area contributed by atoms with E-state index in [0.717, 1.165) is 24.3 Å². The molecule has 0 amide bonds. The number of nitrogens with one attached hydrogen (secondary N) is 1. The zero-order valence-electron chi connectivity index (χ0n) is 13.6. The van der Waals surface area contributed by atoms with Crippen LogP contribution in [0.3, 0.4) is 0 Å². The van der Waals surface area contributed by atoms with Gasteiger partial charge in [-0.1, -0.05) is 20.8 Å². The van der Waals surface area contributed by atoms with E-state index in [1.54, 1.807) is 0 Å². The third-order valence-corrected chi connectivity index (χ3v) is 6.82. The normalized spacial score (nSPS) is 38.1. The van der Waals surface area contributed by atoms with Crippen molar-refractivity contribution in [3.05, 3.63) is 16.1 Å². The monoisotopic (exact) mass is 304 g/mol. The van der Waals surface area contributed by atoms with Crippen LogP contribution in [0.2, 0.25) is 0 Å². The minimum Gasteiger partial charge on any atom is -0.305 e. The van der Waals surface area contributed by atoms with Crippen LogP contribution >= 0.6 is 11.3 Å². The zero-order valence-corrected chi connectivity index (χ0v) is 14.4. The minimum atomic E-state index is 0.176. The van der Waals surface area contributed by atoms with Gasteiger partial charge in [0.1, 0.15) is 5.01 Å². The molecule has 0 unspecified atom stereocenters. The van der Waals surface area contributed by atoms with Gasteiger partial charge in [-0.3, -0.25) is 0 Å². The van der Waals surface area contributed by atoms with Gasteiger partial charge >= 0.3 is 0 Å². The average molecular weight is 305 g/mol. The van der Waals surface area contributed by atoms with Gasteiger partial charge < -0.3 is 5.32 Å². The van der Waals surface area contributed by atoms with E-state index in [0.29, 0.717) is 5.54 Å². The first-order valence-electron chi connectivity index (χ1n) is 8.62. The van der Waals surface area contributed by atoms with Crippen molar-refractivity contribution < 1.29 is 0 Å². The number of aromatic nitrogens is 1. The van der Waals surface area contributed by atoms with Crippen LogP contribution in [0.25, 0.3) is 0 Å². The van der Waals surface area contributed by atoms with Gasteiger partial charge in [-0.2, -0.15) is 0 Å². The summed E-state index contributed by atoms with van der Waals surface area (Å²) < 4.78 is 0. The molecular weight excluding hydrogens is 276 g/mol. The van der Waals surface area contributed by atoms with Crippen molar-refractivity contribution >= 4 is 11.3 Å². The molecule has 116 valence electrons. The molecule has 0 atom stereocenters. The quantitative estimate of drug-likeness (QED) is 0.889. The highest BCUT2D eigenvalue weighted by molar-refractivity contribution is 7.09. The summed E-state index contributed by atoms with van der Waals surface area (Å²) in [6, 6.07) is 0. The highest BCUT2D eigenvalue weighted by atomic mass is 32.1. The van der Waals surface area contributed by atoms with E-state index in [-0.39, 0.29) is 5.41 Å². The van der Waals surface area contributed by atoms with Gasteiger partial charge in [0.15, 0.2) is 0 Å². The molecule has 0 spiro atoms. The summed E-state index contributed by atoms with van der Waals surface area (Å²) in [7, 11) is 0. The Morgan fingerprint density at radius 1 is 1.14 bits per heavy atom. The van der Waals surface area contributed by atoms with Crippen molar-refractivity contribution in [3.8, 4) is 0 Å². The van der Waals surface area contributed by atoms with E-state index in [2.05, 4.69) is 31.5 Å². The standard InChI is InChI=1S/C18H28N2S/c1-17(2,3)15-11-21-16(20-15)10-19-18-7-12-4-13(8-18)6-14(5-12)9-18/h11-14,19H,4-10H2,1-3H3. The van der Waals surface area contributed by atoms with Gasteiger partial charge in [-0.05, 0) is 56.3 Å². The van der Waals surface area contributed by atoms with Gasteiger partial charge in [-0.25, -0.2) is 4.98 Å². The van der Waals surface area contributed by atoms with Crippen molar-refractivity contribution in [1.29, 1.82) is 0 Å². The first-order valence-corrected chi connectivity index (χ1v) is 9.50. The lowest BCUT2D eigenvalue weighted by Gasteiger charge is -2.57. The van der Waals surface area contributed by atoms with Crippen LogP contribution in [0.15, 0.2) is 5.38 Å². The van der Waals surface area contributed by atoms with E-state index < -0.39 is 0 Å². The molecule has 0 aliphatic heterocycles. The van der Waals surface area contributed by atoms with E-state index in [9.17, 15) is 0 Å². The molecule has 1 N–H and O–H groups in total. The molecule has 1 aromatic heterocycles. The van der Waals surface area contributed by atoms with Crippen LogP contribution in [0, 0.1) is 17.8 Å². The summed E-state index contributed by atoms with van der Waals surface area (Å²) in [5, 5.41) is 7.48. The van der Waals surface area contributed by atoms with Crippen molar-refractivity contribution in [3.63, 3.8) is 0 Å². The Morgan fingerprint density at radius 3 is 2.19 bits per heavy atom. The summed E-state index contributed by atoms with van der Waals surface area (Å²) >= 11 is 1.83. The second-order valence-electron chi connectivity index (χ2n) is 8.93. The Balaban J connectivity index is 1.44. The number of thiazole rings is 1. The molecule has 5 rings (SSSR count). The second kappa shape index (κ2) is 4.79. The molecule has 1 aromatic rings. The van der Waals surface area contributed by atoms with E-state index in [4.69, 9.17) is 4.98 Å². The predicted octanol–water partition coefficient (Wildman–Crippen LogP) is 4.50. The van der Waals surface area contributed by atoms with Gasteiger partial charge in [0.2, 0.25) is 0 Å². The summed E-state index contributed by atoms with van der Waals surface area (Å²) in [5.74, 6) is 3.06. The minimum absolute atomic E-state index is 0.176. The van der Waals surface area contributed by atoms with Crippen LogP contribution in [0.1, 0.15) is 70.0 Å². The van der Waals surface area contributed by atoms with Gasteiger partial charge in [0.25, 0.3) is 0 Å². The third kappa shape index (κ3) is 2.68. The Labute approximate surface area is 132 Å². The average Bonchev–Trinajstić information content (AvgIpc) is 2.83. The van der Waals surface area contributed by atoms with E-state index in [1.807, 2.05) is 11.3 Å². The molecule has 0 aromatic carbocycles. The van der Waals surface area contributed by atoms with Gasteiger partial charge in [0.05, 0.1) is 5.69 Å². The Kier molecular flexibility index (Phi) is 3.24. The van der Waals surface area contributed by atoms with E-state index >= 15 is 0 Å². The van der Waals surface area contributed by atoms with E-state index in [1.165, 1.54) is 49.2 Å². The summed E-state index contributed by atoms with van der Waals surface area (Å²) in [4.78, 5) is 4.85. The Morgan fingerprint density at radius 2 is 1.71 bits per heavy atom. The Bertz CT molecular complexity index is 490. The van der Waals surface area contributed by atoms with Crippen molar-refractivity contribution in [2.24, 2.45) is 17.8 Å². The maximum atomic E-state index is 4.85. The number of rotatable bonds is 3. The highest BCUT2D eigenvalue weighted by Gasteiger charge is 2.50. The Hall–Kier alpha value is -0.410. The van der Waals surface area contributed by atoms with Gasteiger partial charge in [0, 0.05) is 22.9 Å². The maximum Gasteiger partial charge on any atom is 0.107 e. The highest BCUT2D eigenvalue weighted by Crippen LogP contribution is 2.55. The molecule has 0 saturated heterocycles. The lowest BCUT2D eigenvalue weighted by molar-refractivity contribution is -0.0206. The van der Waals surface area contributed by atoms with Crippen LogP contribution in [-0.4, -0.2) is 10.5 Å². The van der Waals surface area contributed by atoms with Crippen LogP contribution in [-0.2, 0) is 12.0 Å². The lowest BCUT2D eigenvalue weighted by Crippen LogP contribution is -2.58. The number of hydrogen-bond acceptors (Lipinski definition) is 3. The van der Waals surface area contributed by atoms with Gasteiger partial charge in [-0.15, -0.1) is 11.3 Å². The fourth-order valence-electron chi connectivity index (χ4n) is 5.33. The zero-order chi connectivity index (χ0) is 14.7. The molecule has 4 aliphatic rings.